The molecule has 0 aliphatic carbocycles. The van der Waals surface area contributed by atoms with E-state index in [4.69, 9.17) is 10.2 Å². The van der Waals surface area contributed by atoms with E-state index in [2.05, 4.69) is 0 Å². The second-order valence-electron chi connectivity index (χ2n) is 1.83. The summed E-state index contributed by atoms with van der Waals surface area (Å²) in [5.74, 6) is -0.0683. The Morgan fingerprint density at radius 1 is 1.33 bits per heavy atom. The van der Waals surface area contributed by atoms with E-state index in [0.29, 0.717) is 4.88 Å². The highest BCUT2D eigenvalue weighted by atomic mass is 32.1. The van der Waals surface area contributed by atoms with Crippen molar-refractivity contribution in [3.05, 3.63) is 16.3 Å². The molecular weight excluding hydrogens is 172 g/mol. The van der Waals surface area contributed by atoms with Crippen molar-refractivity contribution in [1.82, 2.24) is 0 Å². The smallest absolute Gasteiger partial charge is 0.175 e. The topological polar surface area (TPSA) is 40.5 Å². The summed E-state index contributed by atoms with van der Waals surface area (Å²) in [6, 6.07) is 0. The third kappa shape index (κ3) is 2.58. The lowest BCUT2D eigenvalue weighted by molar-refractivity contribution is 0.407. The number of rotatable bonds is 1. The Labute approximate surface area is 76.8 Å². The van der Waals surface area contributed by atoms with Crippen molar-refractivity contribution in [3.63, 3.8) is 0 Å². The van der Waals surface area contributed by atoms with E-state index in [1.54, 1.807) is 6.08 Å². The third-order valence-corrected chi connectivity index (χ3v) is 2.02. The highest BCUT2D eigenvalue weighted by Gasteiger charge is 2.04. The average molecular weight is 186 g/mol. The van der Waals surface area contributed by atoms with Gasteiger partial charge in [-0.2, -0.15) is 0 Å². The predicted molar refractivity (Wildman–Crippen MR) is 53.7 cm³/mol. The molecule has 68 valence electrons. The molecule has 0 radical (unpaired) electrons. The summed E-state index contributed by atoms with van der Waals surface area (Å²) in [6.07, 6.45) is 3.56. The van der Waals surface area contributed by atoms with Gasteiger partial charge in [0.15, 0.2) is 11.5 Å². The van der Waals surface area contributed by atoms with Crippen LogP contribution in [-0.2, 0) is 0 Å². The van der Waals surface area contributed by atoms with Crippen LogP contribution in [0, 0.1) is 0 Å². The molecule has 1 aromatic rings. The van der Waals surface area contributed by atoms with Gasteiger partial charge < -0.3 is 10.2 Å². The lowest BCUT2D eigenvalue weighted by Crippen LogP contribution is -1.61. The van der Waals surface area contributed by atoms with Gasteiger partial charge in [-0.1, -0.05) is 19.9 Å². The van der Waals surface area contributed by atoms with Gasteiger partial charge in [0.2, 0.25) is 0 Å². The number of allylic oxidation sites excluding steroid dienone is 1. The Kier molecular flexibility index (Phi) is 5.21. The summed E-state index contributed by atoms with van der Waals surface area (Å²) in [4.78, 5) is 0.694. The van der Waals surface area contributed by atoms with Crippen LogP contribution in [-0.4, -0.2) is 10.2 Å². The van der Waals surface area contributed by atoms with Gasteiger partial charge in [0.05, 0.1) is 4.88 Å². The molecule has 0 saturated carbocycles. The van der Waals surface area contributed by atoms with Gasteiger partial charge in [0, 0.05) is 5.38 Å². The van der Waals surface area contributed by atoms with E-state index in [1.807, 2.05) is 26.8 Å². The molecule has 2 N–H and O–H groups in total. The first-order chi connectivity index (χ1) is 5.75. The molecular formula is C9H14O2S. The van der Waals surface area contributed by atoms with Crippen LogP contribution in [0.2, 0.25) is 0 Å². The largest absolute Gasteiger partial charge is 0.504 e. The lowest BCUT2D eigenvalue weighted by Gasteiger charge is -1.87. The molecule has 3 heteroatoms. The Morgan fingerprint density at radius 2 is 1.92 bits per heavy atom. The molecule has 0 bridgehead atoms. The Balaban J connectivity index is 0.000000561. The van der Waals surface area contributed by atoms with Crippen molar-refractivity contribution in [3.8, 4) is 11.5 Å². The fourth-order valence-corrected chi connectivity index (χ4v) is 1.41. The number of hydrogen-bond acceptors (Lipinski definition) is 3. The summed E-state index contributed by atoms with van der Waals surface area (Å²) in [7, 11) is 0. The zero-order chi connectivity index (χ0) is 9.56. The normalized spacial score (nSPS) is 9.58. The maximum Gasteiger partial charge on any atom is 0.175 e. The van der Waals surface area contributed by atoms with Gasteiger partial charge in [0.1, 0.15) is 0 Å². The van der Waals surface area contributed by atoms with Crippen LogP contribution in [0.15, 0.2) is 11.5 Å². The van der Waals surface area contributed by atoms with Crippen molar-refractivity contribution < 1.29 is 10.2 Å². The van der Waals surface area contributed by atoms with Crippen LogP contribution in [0.5, 0.6) is 11.5 Å². The van der Waals surface area contributed by atoms with Gasteiger partial charge >= 0.3 is 0 Å². The monoisotopic (exact) mass is 186 g/mol. The minimum atomic E-state index is -0.0434. The first kappa shape index (κ1) is 11.0. The highest BCUT2D eigenvalue weighted by molar-refractivity contribution is 7.11. The van der Waals surface area contributed by atoms with Crippen LogP contribution in [0.1, 0.15) is 25.6 Å². The molecule has 0 aliphatic heterocycles. The molecule has 0 aliphatic rings. The summed E-state index contributed by atoms with van der Waals surface area (Å²) < 4.78 is 0. The zero-order valence-corrected chi connectivity index (χ0v) is 8.35. The molecule has 0 amide bonds. The molecule has 0 fully saturated rings. The molecule has 0 unspecified atom stereocenters. The first-order valence-electron chi connectivity index (χ1n) is 3.88. The first-order valence-corrected chi connectivity index (χ1v) is 4.75. The average Bonchev–Trinajstić information content (AvgIpc) is 2.41. The van der Waals surface area contributed by atoms with Crippen molar-refractivity contribution in [2.75, 3.05) is 0 Å². The van der Waals surface area contributed by atoms with Gasteiger partial charge in [-0.15, -0.1) is 11.3 Å². The zero-order valence-electron chi connectivity index (χ0n) is 7.53. The van der Waals surface area contributed by atoms with Crippen molar-refractivity contribution in [1.29, 1.82) is 0 Å². The molecule has 0 saturated heterocycles. The maximum absolute atomic E-state index is 9.08. The van der Waals surface area contributed by atoms with E-state index in [0.717, 1.165) is 0 Å². The molecule has 2 nitrogen and oxygen atoms in total. The molecule has 0 spiro atoms. The molecule has 1 rings (SSSR count). The molecule has 0 aromatic carbocycles. The Hall–Kier alpha value is -0.960. The van der Waals surface area contributed by atoms with Crippen LogP contribution in [0.3, 0.4) is 0 Å². The van der Waals surface area contributed by atoms with Gasteiger partial charge in [-0.3, -0.25) is 0 Å². The van der Waals surface area contributed by atoms with Crippen LogP contribution >= 0.6 is 11.3 Å². The Bertz CT molecular complexity index is 251. The van der Waals surface area contributed by atoms with Crippen molar-refractivity contribution in [2.45, 2.75) is 20.8 Å². The molecule has 0 atom stereocenters. The number of thiophene rings is 1. The van der Waals surface area contributed by atoms with Gasteiger partial charge in [-0.25, -0.2) is 0 Å². The lowest BCUT2D eigenvalue weighted by atomic mass is 10.4. The van der Waals surface area contributed by atoms with E-state index in [9.17, 15) is 0 Å². The number of hydrogen-bond donors (Lipinski definition) is 2. The minimum absolute atomic E-state index is 0.0249. The van der Waals surface area contributed by atoms with Crippen molar-refractivity contribution in [2.24, 2.45) is 0 Å². The van der Waals surface area contributed by atoms with E-state index in [1.165, 1.54) is 16.7 Å². The van der Waals surface area contributed by atoms with E-state index >= 15 is 0 Å². The standard InChI is InChI=1S/C7H8O2S.C2H6/c1-2-3-6-7(9)5(8)4-10-6;1-2/h2-4,8-9H,1H3;1-2H3/b3-2+;. The van der Waals surface area contributed by atoms with Gasteiger partial charge in [0.25, 0.3) is 0 Å². The maximum atomic E-state index is 9.08. The summed E-state index contributed by atoms with van der Waals surface area (Å²) >= 11 is 1.31. The fourth-order valence-electron chi connectivity index (χ4n) is 0.627. The second kappa shape index (κ2) is 5.66. The molecule has 1 heterocycles. The molecule has 12 heavy (non-hydrogen) atoms. The third-order valence-electron chi connectivity index (χ3n) is 1.09. The second-order valence-corrected chi connectivity index (χ2v) is 2.75. The summed E-state index contributed by atoms with van der Waals surface area (Å²) in [5, 5.41) is 19.5. The highest BCUT2D eigenvalue weighted by Crippen LogP contribution is 2.35. The number of aromatic hydroxyl groups is 2. The predicted octanol–water partition coefficient (Wildman–Crippen LogP) is 3.22. The van der Waals surface area contributed by atoms with E-state index < -0.39 is 0 Å². The minimum Gasteiger partial charge on any atom is -0.504 e. The quantitative estimate of drug-likeness (QED) is 0.707. The fraction of sp³-hybridized carbons (Fsp3) is 0.333. The van der Waals surface area contributed by atoms with E-state index in [-0.39, 0.29) is 11.5 Å². The van der Waals surface area contributed by atoms with Crippen LogP contribution in [0.25, 0.3) is 6.08 Å². The SMILES string of the molecule is C/C=C/c1scc(O)c1O.CC. The Morgan fingerprint density at radius 3 is 2.25 bits per heavy atom. The van der Waals surface area contributed by atoms with Gasteiger partial charge in [-0.05, 0) is 13.0 Å². The van der Waals surface area contributed by atoms with Crippen molar-refractivity contribution >= 4 is 17.4 Å². The summed E-state index contributed by atoms with van der Waals surface area (Å²) in [5.41, 5.74) is 0. The van der Waals surface area contributed by atoms with Crippen LogP contribution < -0.4 is 0 Å². The molecule has 1 aromatic heterocycles. The summed E-state index contributed by atoms with van der Waals surface area (Å²) in [6.45, 7) is 5.86. The van der Waals surface area contributed by atoms with Crippen LogP contribution in [0.4, 0.5) is 0 Å².